The van der Waals surface area contributed by atoms with E-state index in [2.05, 4.69) is 5.32 Å². The number of hydrogen-bond donors (Lipinski definition) is 1. The van der Waals surface area contributed by atoms with E-state index in [-0.39, 0.29) is 25.9 Å². The summed E-state index contributed by atoms with van der Waals surface area (Å²) in [5.74, 6) is -2.43. The van der Waals surface area contributed by atoms with Gasteiger partial charge in [0.05, 0.1) is 5.92 Å². The summed E-state index contributed by atoms with van der Waals surface area (Å²) in [5.41, 5.74) is 1.22. The highest BCUT2D eigenvalue weighted by atomic mass is 19.4. The summed E-state index contributed by atoms with van der Waals surface area (Å²) in [4.78, 5) is 26.9. The summed E-state index contributed by atoms with van der Waals surface area (Å²) in [5, 5.41) is 2.72. The van der Waals surface area contributed by atoms with Gasteiger partial charge in [0.15, 0.2) is 0 Å². The Morgan fingerprint density at radius 3 is 2.28 bits per heavy atom. The van der Waals surface area contributed by atoms with Crippen LogP contribution in [-0.4, -0.2) is 42.0 Å². The van der Waals surface area contributed by atoms with Gasteiger partial charge < -0.3 is 10.2 Å². The molecule has 7 heteroatoms. The lowest BCUT2D eigenvalue weighted by molar-refractivity contribution is -0.188. The number of amides is 2. The zero-order valence-corrected chi connectivity index (χ0v) is 15.9. The molecule has 0 bridgehead atoms. The first-order chi connectivity index (χ1) is 13.8. The average molecular weight is 404 g/mol. The van der Waals surface area contributed by atoms with Crippen molar-refractivity contribution < 1.29 is 22.8 Å². The Bertz CT molecular complexity index is 825. The van der Waals surface area contributed by atoms with Crippen molar-refractivity contribution in [3.05, 3.63) is 71.8 Å². The Morgan fingerprint density at radius 2 is 1.66 bits per heavy atom. The van der Waals surface area contributed by atoms with Gasteiger partial charge in [-0.3, -0.25) is 9.59 Å². The van der Waals surface area contributed by atoms with Crippen molar-refractivity contribution in [2.24, 2.45) is 5.92 Å². The summed E-state index contributed by atoms with van der Waals surface area (Å²) in [7, 11) is 0. The van der Waals surface area contributed by atoms with Gasteiger partial charge in [-0.2, -0.15) is 13.2 Å². The van der Waals surface area contributed by atoms with Gasteiger partial charge in [-0.05, 0) is 30.5 Å². The third kappa shape index (κ3) is 5.59. The van der Waals surface area contributed by atoms with Gasteiger partial charge >= 0.3 is 6.18 Å². The molecule has 0 saturated carbocycles. The maximum atomic E-state index is 13.1. The molecule has 1 N–H and O–H groups in total. The van der Waals surface area contributed by atoms with E-state index in [0.717, 1.165) is 5.56 Å². The van der Waals surface area contributed by atoms with Crippen LogP contribution in [0.4, 0.5) is 13.2 Å². The van der Waals surface area contributed by atoms with Gasteiger partial charge in [-0.1, -0.05) is 48.5 Å². The second-order valence-corrected chi connectivity index (χ2v) is 7.25. The summed E-state index contributed by atoms with van der Waals surface area (Å²) in [6.07, 6.45) is -3.81. The summed E-state index contributed by atoms with van der Waals surface area (Å²) in [6, 6.07) is 16.6. The van der Waals surface area contributed by atoms with Crippen molar-refractivity contribution in [2.75, 3.05) is 13.1 Å². The predicted octanol–water partition coefficient (Wildman–Crippen LogP) is 3.83. The van der Waals surface area contributed by atoms with Gasteiger partial charge in [0, 0.05) is 25.1 Å². The van der Waals surface area contributed by atoms with Crippen molar-refractivity contribution in [3.8, 4) is 0 Å². The zero-order valence-electron chi connectivity index (χ0n) is 15.9. The van der Waals surface area contributed by atoms with Crippen LogP contribution in [0.2, 0.25) is 0 Å². The van der Waals surface area contributed by atoms with E-state index in [0.29, 0.717) is 12.0 Å². The Morgan fingerprint density at radius 1 is 1.03 bits per heavy atom. The molecule has 1 fully saturated rings. The first-order valence-electron chi connectivity index (χ1n) is 9.60. The summed E-state index contributed by atoms with van der Waals surface area (Å²) in [6.45, 7) is -0.104. The number of nitrogens with zero attached hydrogens (tertiary/aromatic N) is 1. The van der Waals surface area contributed by atoms with Crippen LogP contribution in [0.5, 0.6) is 0 Å². The number of carbonyl (C=O) groups is 2. The maximum Gasteiger partial charge on any atom is 0.393 e. The van der Waals surface area contributed by atoms with Crippen LogP contribution in [0.3, 0.4) is 0 Å². The highest BCUT2D eigenvalue weighted by molar-refractivity contribution is 5.97. The first-order valence-corrected chi connectivity index (χ1v) is 9.60. The van der Waals surface area contributed by atoms with Crippen LogP contribution in [0.1, 0.15) is 28.8 Å². The lowest BCUT2D eigenvalue weighted by Crippen LogP contribution is -2.53. The number of carbonyl (C=O) groups excluding carboxylic acids is 2. The minimum absolute atomic E-state index is 0.0208. The molecule has 2 atom stereocenters. The van der Waals surface area contributed by atoms with Gasteiger partial charge in [0.2, 0.25) is 5.91 Å². The molecule has 2 unspecified atom stereocenters. The van der Waals surface area contributed by atoms with Crippen LogP contribution < -0.4 is 5.32 Å². The fraction of sp³-hybridized carbons (Fsp3) is 0.364. The number of halogens is 3. The minimum atomic E-state index is -4.33. The monoisotopic (exact) mass is 404 g/mol. The maximum absolute atomic E-state index is 13.1. The Kier molecular flexibility index (Phi) is 6.56. The number of nitrogens with one attached hydrogen (secondary N) is 1. The predicted molar refractivity (Wildman–Crippen MR) is 103 cm³/mol. The first kappa shape index (κ1) is 20.9. The van der Waals surface area contributed by atoms with Gasteiger partial charge in [-0.15, -0.1) is 0 Å². The molecular weight excluding hydrogens is 381 g/mol. The van der Waals surface area contributed by atoms with E-state index < -0.39 is 30.0 Å². The standard InChI is InChI=1S/C22H23F3N2O2/c23-22(24,25)18-12-7-13-27(15-18)21(29)19(14-16-8-3-1-4-9-16)26-20(28)17-10-5-2-6-11-17/h1-6,8-11,18-19H,7,12-15H2,(H,26,28). The number of piperidine rings is 1. The molecule has 154 valence electrons. The molecule has 1 saturated heterocycles. The normalized spacial score (nSPS) is 18.2. The van der Waals surface area contributed by atoms with Crippen LogP contribution in [0.25, 0.3) is 0 Å². The molecule has 1 heterocycles. The smallest absolute Gasteiger partial charge is 0.340 e. The lowest BCUT2D eigenvalue weighted by Gasteiger charge is -2.36. The second kappa shape index (κ2) is 9.11. The third-order valence-corrected chi connectivity index (χ3v) is 5.12. The molecule has 3 rings (SSSR count). The largest absolute Gasteiger partial charge is 0.393 e. The Hall–Kier alpha value is -2.83. The molecule has 2 amide bonds. The van der Waals surface area contributed by atoms with Crippen molar-refractivity contribution >= 4 is 11.8 Å². The van der Waals surface area contributed by atoms with Crippen LogP contribution in [-0.2, 0) is 11.2 Å². The second-order valence-electron chi connectivity index (χ2n) is 7.25. The Labute approximate surface area is 167 Å². The van der Waals surface area contributed by atoms with Gasteiger partial charge in [0.25, 0.3) is 5.91 Å². The molecule has 4 nitrogen and oxygen atoms in total. The van der Waals surface area contributed by atoms with E-state index >= 15 is 0 Å². The SMILES string of the molecule is O=C(NC(Cc1ccccc1)C(=O)N1CCCC(C(F)(F)F)C1)c1ccccc1. The van der Waals surface area contributed by atoms with Crippen molar-refractivity contribution in [3.63, 3.8) is 0 Å². The lowest BCUT2D eigenvalue weighted by atomic mass is 9.96. The highest BCUT2D eigenvalue weighted by Gasteiger charge is 2.43. The topological polar surface area (TPSA) is 49.4 Å². The van der Waals surface area contributed by atoms with Gasteiger partial charge in [-0.25, -0.2) is 0 Å². The fourth-order valence-corrected chi connectivity index (χ4v) is 3.55. The van der Waals surface area contributed by atoms with E-state index in [1.807, 2.05) is 30.3 Å². The molecule has 2 aromatic rings. The molecule has 1 aliphatic heterocycles. The van der Waals surface area contributed by atoms with Crippen molar-refractivity contribution in [2.45, 2.75) is 31.5 Å². The molecule has 0 radical (unpaired) electrons. The van der Waals surface area contributed by atoms with Crippen molar-refractivity contribution in [1.29, 1.82) is 0 Å². The quantitative estimate of drug-likeness (QED) is 0.824. The molecule has 0 aromatic heterocycles. The van der Waals surface area contributed by atoms with Gasteiger partial charge in [0.1, 0.15) is 6.04 Å². The number of alkyl halides is 3. The molecular formula is C22H23F3N2O2. The summed E-state index contributed by atoms with van der Waals surface area (Å²) >= 11 is 0. The van der Waals surface area contributed by atoms with Crippen LogP contribution in [0.15, 0.2) is 60.7 Å². The van der Waals surface area contributed by atoms with Crippen LogP contribution in [0, 0.1) is 5.92 Å². The minimum Gasteiger partial charge on any atom is -0.340 e. The van der Waals surface area contributed by atoms with Crippen LogP contribution >= 0.6 is 0 Å². The number of likely N-dealkylation sites (tertiary alicyclic amines) is 1. The molecule has 29 heavy (non-hydrogen) atoms. The number of rotatable bonds is 5. The summed E-state index contributed by atoms with van der Waals surface area (Å²) < 4.78 is 39.4. The Balaban J connectivity index is 1.78. The van der Waals surface area contributed by atoms with E-state index in [1.165, 1.54) is 4.90 Å². The molecule has 1 aliphatic rings. The number of hydrogen-bond acceptors (Lipinski definition) is 2. The number of benzene rings is 2. The molecule has 0 aliphatic carbocycles. The van der Waals surface area contributed by atoms with E-state index in [9.17, 15) is 22.8 Å². The highest BCUT2D eigenvalue weighted by Crippen LogP contribution is 2.33. The van der Waals surface area contributed by atoms with E-state index in [4.69, 9.17) is 0 Å². The fourth-order valence-electron chi connectivity index (χ4n) is 3.55. The molecule has 0 spiro atoms. The third-order valence-electron chi connectivity index (χ3n) is 5.12. The van der Waals surface area contributed by atoms with E-state index in [1.54, 1.807) is 30.3 Å². The zero-order chi connectivity index (χ0) is 20.9. The van der Waals surface area contributed by atoms with Crippen molar-refractivity contribution in [1.82, 2.24) is 10.2 Å². The molecule has 2 aromatic carbocycles. The average Bonchev–Trinajstić information content (AvgIpc) is 2.73.